The van der Waals surface area contributed by atoms with E-state index in [1.165, 1.54) is 6.07 Å². The van der Waals surface area contributed by atoms with Crippen LogP contribution in [0.4, 0.5) is 13.2 Å². The Labute approximate surface area is 106 Å². The number of carbonyl (C=O) groups is 1. The Morgan fingerprint density at radius 2 is 1.94 bits per heavy atom. The summed E-state index contributed by atoms with van der Waals surface area (Å²) in [6, 6.07) is 1.36. The summed E-state index contributed by atoms with van der Waals surface area (Å²) >= 11 is 0.933. The molecule has 1 N–H and O–H groups in total. The highest BCUT2D eigenvalue weighted by molar-refractivity contribution is 7.14. The highest BCUT2D eigenvalue weighted by Crippen LogP contribution is 2.37. The van der Waals surface area contributed by atoms with Crippen molar-refractivity contribution in [3.8, 4) is 5.75 Å². The summed E-state index contributed by atoms with van der Waals surface area (Å²) in [5.74, 6) is -1.51. The zero-order valence-corrected chi connectivity index (χ0v) is 10.9. The number of carboxylic acid groups (broad SMARTS) is 1. The zero-order chi connectivity index (χ0) is 14.1. The molecule has 1 rings (SSSR count). The first-order valence-electron chi connectivity index (χ1n) is 5.08. The number of aromatic carboxylic acids is 1. The Morgan fingerprint density at radius 1 is 1.39 bits per heavy atom. The van der Waals surface area contributed by atoms with Crippen molar-refractivity contribution in [2.45, 2.75) is 32.4 Å². The van der Waals surface area contributed by atoms with E-state index in [-0.39, 0.29) is 16.0 Å². The van der Waals surface area contributed by atoms with E-state index in [0.717, 1.165) is 11.3 Å². The second kappa shape index (κ2) is 4.79. The van der Waals surface area contributed by atoms with Crippen LogP contribution in [0.15, 0.2) is 6.07 Å². The fourth-order valence-corrected chi connectivity index (χ4v) is 2.16. The lowest BCUT2D eigenvalue weighted by atomic mass is 9.95. The zero-order valence-electron chi connectivity index (χ0n) is 10.1. The molecule has 0 aromatic carbocycles. The molecule has 0 atom stereocenters. The maximum absolute atomic E-state index is 12.0. The molecule has 0 radical (unpaired) electrons. The largest absolute Gasteiger partial charge is 0.482 e. The summed E-state index contributed by atoms with van der Waals surface area (Å²) in [4.78, 5) is 11.4. The molecule has 3 nitrogen and oxygen atoms in total. The molecule has 102 valence electrons. The first kappa shape index (κ1) is 14.8. The molecule has 0 saturated heterocycles. The first-order chi connectivity index (χ1) is 8.00. The molecule has 0 fully saturated rings. The number of rotatable bonds is 3. The number of halogens is 3. The van der Waals surface area contributed by atoms with Gasteiger partial charge in [0.15, 0.2) is 11.5 Å². The van der Waals surface area contributed by atoms with Crippen LogP contribution in [-0.2, 0) is 5.41 Å². The second-order valence-electron chi connectivity index (χ2n) is 4.76. The number of hydrogen-bond acceptors (Lipinski definition) is 3. The lowest BCUT2D eigenvalue weighted by Crippen LogP contribution is -2.19. The van der Waals surface area contributed by atoms with Crippen LogP contribution in [0.25, 0.3) is 0 Å². The van der Waals surface area contributed by atoms with E-state index in [2.05, 4.69) is 4.74 Å². The number of ether oxygens (including phenoxy) is 1. The van der Waals surface area contributed by atoms with Crippen LogP contribution in [0.2, 0.25) is 0 Å². The molecule has 0 aliphatic carbocycles. The molecule has 0 aliphatic heterocycles. The number of thiophene rings is 1. The van der Waals surface area contributed by atoms with Crippen LogP contribution in [0.1, 0.15) is 35.3 Å². The Kier molecular flexibility index (Phi) is 3.95. The SMILES string of the molecule is CC(C)(C)c1cc(OCC(F)(F)F)c(C(=O)O)s1. The van der Waals surface area contributed by atoms with Crippen LogP contribution >= 0.6 is 11.3 Å². The van der Waals surface area contributed by atoms with Gasteiger partial charge in [-0.1, -0.05) is 20.8 Å². The summed E-state index contributed by atoms with van der Waals surface area (Å²) in [5.41, 5.74) is -0.339. The highest BCUT2D eigenvalue weighted by Gasteiger charge is 2.31. The van der Waals surface area contributed by atoms with Crippen molar-refractivity contribution in [3.05, 3.63) is 15.8 Å². The molecule has 0 aliphatic rings. The van der Waals surface area contributed by atoms with Gasteiger partial charge in [-0.25, -0.2) is 4.79 Å². The van der Waals surface area contributed by atoms with Gasteiger partial charge in [0, 0.05) is 4.88 Å². The maximum Gasteiger partial charge on any atom is 0.422 e. The topological polar surface area (TPSA) is 46.5 Å². The van der Waals surface area contributed by atoms with Crippen LogP contribution in [0.5, 0.6) is 5.75 Å². The van der Waals surface area contributed by atoms with Gasteiger partial charge in [0.05, 0.1) is 0 Å². The summed E-state index contributed by atoms with van der Waals surface area (Å²) in [6.45, 7) is 4.04. The van der Waals surface area contributed by atoms with Crippen LogP contribution in [0.3, 0.4) is 0 Å². The van der Waals surface area contributed by atoms with Crippen LogP contribution in [0, 0.1) is 0 Å². The quantitative estimate of drug-likeness (QED) is 0.919. The van der Waals surface area contributed by atoms with Gasteiger partial charge in [0.25, 0.3) is 0 Å². The highest BCUT2D eigenvalue weighted by atomic mass is 32.1. The van der Waals surface area contributed by atoms with Crippen molar-refractivity contribution < 1.29 is 27.8 Å². The Balaban J connectivity index is 3.03. The fraction of sp³-hybridized carbons (Fsp3) is 0.545. The van der Waals surface area contributed by atoms with Gasteiger partial charge in [-0.15, -0.1) is 11.3 Å². The molecule has 1 aromatic heterocycles. The van der Waals surface area contributed by atoms with E-state index < -0.39 is 18.8 Å². The third-order valence-corrected chi connectivity index (χ3v) is 3.55. The standard InChI is InChI=1S/C11H13F3O3S/c1-10(2,3)7-4-6(8(18-7)9(15)16)17-5-11(12,13)14/h4H,5H2,1-3H3,(H,15,16). The van der Waals surface area contributed by atoms with E-state index in [9.17, 15) is 18.0 Å². The lowest BCUT2D eigenvalue weighted by Gasteiger charge is -2.15. The van der Waals surface area contributed by atoms with Gasteiger partial charge < -0.3 is 9.84 Å². The number of carboxylic acids is 1. The molecule has 0 amide bonds. The van der Waals surface area contributed by atoms with Crippen molar-refractivity contribution in [2.75, 3.05) is 6.61 Å². The van der Waals surface area contributed by atoms with Gasteiger partial charge in [-0.05, 0) is 11.5 Å². The summed E-state index contributed by atoms with van der Waals surface area (Å²) in [5, 5.41) is 8.92. The molecule has 0 bridgehead atoms. The Morgan fingerprint density at radius 3 is 2.33 bits per heavy atom. The fourth-order valence-electron chi connectivity index (χ4n) is 1.16. The molecular formula is C11H13F3O3S. The third-order valence-electron chi connectivity index (χ3n) is 2.02. The molecule has 0 unspecified atom stereocenters. The van der Waals surface area contributed by atoms with E-state index in [1.54, 1.807) is 0 Å². The number of alkyl halides is 3. The van der Waals surface area contributed by atoms with Gasteiger partial charge in [0.2, 0.25) is 0 Å². The van der Waals surface area contributed by atoms with E-state index in [1.807, 2.05) is 20.8 Å². The monoisotopic (exact) mass is 282 g/mol. The molecule has 1 aromatic rings. The Bertz CT molecular complexity index is 443. The predicted octanol–water partition coefficient (Wildman–Crippen LogP) is 3.68. The maximum atomic E-state index is 12.0. The van der Waals surface area contributed by atoms with Crippen molar-refractivity contribution in [3.63, 3.8) is 0 Å². The number of hydrogen-bond donors (Lipinski definition) is 1. The van der Waals surface area contributed by atoms with E-state index in [0.29, 0.717) is 4.88 Å². The first-order valence-corrected chi connectivity index (χ1v) is 5.89. The summed E-state index contributed by atoms with van der Waals surface area (Å²) < 4.78 is 40.7. The third kappa shape index (κ3) is 3.90. The van der Waals surface area contributed by atoms with Crippen molar-refractivity contribution >= 4 is 17.3 Å². The van der Waals surface area contributed by atoms with Gasteiger partial charge in [0.1, 0.15) is 5.75 Å². The molecule has 0 saturated carbocycles. The van der Waals surface area contributed by atoms with Gasteiger partial charge in [-0.3, -0.25) is 0 Å². The predicted molar refractivity (Wildman–Crippen MR) is 61.5 cm³/mol. The van der Waals surface area contributed by atoms with Crippen molar-refractivity contribution in [1.29, 1.82) is 0 Å². The van der Waals surface area contributed by atoms with Crippen molar-refractivity contribution in [1.82, 2.24) is 0 Å². The van der Waals surface area contributed by atoms with E-state index >= 15 is 0 Å². The van der Waals surface area contributed by atoms with E-state index in [4.69, 9.17) is 5.11 Å². The minimum Gasteiger partial charge on any atom is -0.482 e. The average molecular weight is 282 g/mol. The molecule has 7 heteroatoms. The smallest absolute Gasteiger partial charge is 0.422 e. The summed E-state index contributed by atoms with van der Waals surface area (Å²) in [6.07, 6.45) is -4.49. The van der Waals surface area contributed by atoms with Crippen LogP contribution in [-0.4, -0.2) is 23.9 Å². The van der Waals surface area contributed by atoms with Crippen LogP contribution < -0.4 is 4.74 Å². The molecule has 18 heavy (non-hydrogen) atoms. The minimum absolute atomic E-state index is 0.204. The minimum atomic E-state index is -4.49. The second-order valence-corrected chi connectivity index (χ2v) is 5.82. The average Bonchev–Trinajstić information content (AvgIpc) is 2.56. The molecular weight excluding hydrogens is 269 g/mol. The molecule has 1 heterocycles. The normalized spacial score (nSPS) is 12.6. The van der Waals surface area contributed by atoms with Gasteiger partial charge in [-0.2, -0.15) is 13.2 Å². The molecule has 0 spiro atoms. The van der Waals surface area contributed by atoms with Gasteiger partial charge >= 0.3 is 12.1 Å². The summed E-state index contributed by atoms with van der Waals surface area (Å²) in [7, 11) is 0. The Hall–Kier alpha value is -1.24. The lowest BCUT2D eigenvalue weighted by molar-refractivity contribution is -0.153. The van der Waals surface area contributed by atoms with Crippen molar-refractivity contribution in [2.24, 2.45) is 0 Å².